The largest absolute Gasteiger partial charge is 0.459 e. The Labute approximate surface area is 182 Å². The fraction of sp³-hybridized carbons (Fsp3) is 0.435. The van der Waals surface area contributed by atoms with Crippen molar-refractivity contribution in [3.05, 3.63) is 58.3 Å². The van der Waals surface area contributed by atoms with Gasteiger partial charge in [-0.1, -0.05) is 55.9 Å². The number of aliphatic imine (C=N–C) groups is 1. The second-order valence-electron chi connectivity index (χ2n) is 8.13. The van der Waals surface area contributed by atoms with Gasteiger partial charge in [-0.2, -0.15) is 0 Å². The predicted molar refractivity (Wildman–Crippen MR) is 121 cm³/mol. The van der Waals surface area contributed by atoms with Gasteiger partial charge >= 0.3 is 5.97 Å². The Bertz CT molecular complexity index is 904. The van der Waals surface area contributed by atoms with Crippen LogP contribution in [-0.2, 0) is 14.3 Å². The zero-order valence-electron chi connectivity index (χ0n) is 18.1. The number of allylic oxidation sites excluding steroid dienone is 1. The molecule has 7 heteroatoms. The molecule has 3 rings (SSSR count). The van der Waals surface area contributed by atoms with E-state index in [0.717, 1.165) is 16.4 Å². The van der Waals surface area contributed by atoms with E-state index < -0.39 is 0 Å². The van der Waals surface area contributed by atoms with Crippen molar-refractivity contribution >= 4 is 28.8 Å². The van der Waals surface area contributed by atoms with E-state index in [1.54, 1.807) is 0 Å². The lowest BCUT2D eigenvalue weighted by Crippen LogP contribution is -2.38. The number of rotatable bonds is 7. The van der Waals surface area contributed by atoms with E-state index >= 15 is 0 Å². The Hall–Kier alpha value is -2.54. The maximum absolute atomic E-state index is 13.0. The molecule has 1 amide bonds. The summed E-state index contributed by atoms with van der Waals surface area (Å²) in [6, 6.07) is 9.43. The highest BCUT2D eigenvalue weighted by Crippen LogP contribution is 2.44. The zero-order valence-corrected chi connectivity index (χ0v) is 19.0. The van der Waals surface area contributed by atoms with Crippen molar-refractivity contribution < 1.29 is 14.3 Å². The van der Waals surface area contributed by atoms with E-state index in [-0.39, 0.29) is 30.4 Å². The van der Waals surface area contributed by atoms with Gasteiger partial charge in [-0.05, 0) is 37.7 Å². The van der Waals surface area contributed by atoms with Gasteiger partial charge in [0.1, 0.15) is 0 Å². The second-order valence-corrected chi connectivity index (χ2v) is 8.97. The number of nitrogens with one attached hydrogen (secondary N) is 1. The van der Waals surface area contributed by atoms with E-state index in [1.807, 2.05) is 61.4 Å². The van der Waals surface area contributed by atoms with Crippen molar-refractivity contribution in [3.63, 3.8) is 0 Å². The second kappa shape index (κ2) is 9.51. The summed E-state index contributed by atoms with van der Waals surface area (Å²) < 4.78 is 5.54. The smallest absolute Gasteiger partial charge is 0.338 e. The Morgan fingerprint density at radius 2 is 1.90 bits per heavy atom. The molecule has 0 unspecified atom stereocenters. The molecule has 1 aromatic carbocycles. The Morgan fingerprint density at radius 3 is 2.53 bits per heavy atom. The van der Waals surface area contributed by atoms with Crippen molar-refractivity contribution in [1.82, 2.24) is 10.2 Å². The number of esters is 1. The Kier molecular flexibility index (Phi) is 7.02. The van der Waals surface area contributed by atoms with Gasteiger partial charge in [0.05, 0.1) is 29.8 Å². The van der Waals surface area contributed by atoms with Crippen LogP contribution in [0.25, 0.3) is 0 Å². The van der Waals surface area contributed by atoms with Crippen LogP contribution in [0, 0.1) is 5.92 Å². The number of ether oxygens (including phenoxy) is 1. The maximum Gasteiger partial charge on any atom is 0.338 e. The molecular weight excluding hydrogens is 398 g/mol. The number of benzene rings is 1. The number of carbonyl (C=O) groups is 2. The van der Waals surface area contributed by atoms with Crippen LogP contribution in [0.2, 0.25) is 0 Å². The van der Waals surface area contributed by atoms with Crippen molar-refractivity contribution in [2.75, 3.05) is 6.54 Å². The summed E-state index contributed by atoms with van der Waals surface area (Å²) in [7, 11) is 0. The molecule has 1 N–H and O–H groups in total. The number of nitrogens with zero attached hydrogens (tertiary/aromatic N) is 2. The predicted octanol–water partition coefficient (Wildman–Crippen LogP) is 4.38. The van der Waals surface area contributed by atoms with Crippen LogP contribution in [0.4, 0.5) is 0 Å². The van der Waals surface area contributed by atoms with Gasteiger partial charge in [0, 0.05) is 12.2 Å². The van der Waals surface area contributed by atoms with Gasteiger partial charge < -0.3 is 15.0 Å². The Balaban J connectivity index is 1.95. The lowest BCUT2D eigenvalue weighted by molar-refractivity contribution is -0.143. The molecule has 0 saturated heterocycles. The average molecular weight is 428 g/mol. The van der Waals surface area contributed by atoms with Crippen molar-refractivity contribution in [1.29, 1.82) is 0 Å². The highest BCUT2D eigenvalue weighted by molar-refractivity contribution is 8.16. The highest BCUT2D eigenvalue weighted by Gasteiger charge is 2.41. The van der Waals surface area contributed by atoms with Crippen LogP contribution in [0.1, 0.15) is 52.6 Å². The van der Waals surface area contributed by atoms with Gasteiger partial charge in [-0.25, -0.2) is 9.79 Å². The van der Waals surface area contributed by atoms with E-state index in [0.29, 0.717) is 23.7 Å². The van der Waals surface area contributed by atoms with Crippen molar-refractivity contribution in [2.24, 2.45) is 10.9 Å². The number of fused-ring (bicyclic) bond motifs is 1. The molecule has 160 valence electrons. The third-order valence-electron chi connectivity index (χ3n) is 4.73. The summed E-state index contributed by atoms with van der Waals surface area (Å²) in [6.07, 6.45) is -0.00227. The normalized spacial score (nSPS) is 18.4. The monoisotopic (exact) mass is 427 g/mol. The quantitative estimate of drug-likeness (QED) is 0.654. The molecule has 0 spiro atoms. The van der Waals surface area contributed by atoms with E-state index in [2.05, 4.69) is 24.2 Å². The third-order valence-corrected chi connectivity index (χ3v) is 5.62. The lowest BCUT2D eigenvalue weighted by atomic mass is 9.94. The molecule has 1 aromatic rings. The Morgan fingerprint density at radius 1 is 1.20 bits per heavy atom. The van der Waals surface area contributed by atoms with Crippen LogP contribution in [0.5, 0.6) is 0 Å². The average Bonchev–Trinajstić information content (AvgIpc) is 3.07. The molecule has 30 heavy (non-hydrogen) atoms. The number of hydrogen-bond donors (Lipinski definition) is 1. The molecule has 2 aliphatic heterocycles. The summed E-state index contributed by atoms with van der Waals surface area (Å²) in [5.74, 6) is -0.0334. The molecule has 2 heterocycles. The van der Waals surface area contributed by atoms with E-state index in [1.165, 1.54) is 11.8 Å². The van der Waals surface area contributed by atoms with Crippen LogP contribution in [0.15, 0.2) is 57.7 Å². The lowest BCUT2D eigenvalue weighted by Gasteiger charge is -2.36. The van der Waals surface area contributed by atoms with Crippen LogP contribution < -0.4 is 5.32 Å². The van der Waals surface area contributed by atoms with Gasteiger partial charge in [-0.3, -0.25) is 4.79 Å². The molecule has 0 bridgehead atoms. The zero-order chi connectivity index (χ0) is 21.8. The highest BCUT2D eigenvalue weighted by atomic mass is 32.2. The summed E-state index contributed by atoms with van der Waals surface area (Å²) in [4.78, 5) is 32.2. The number of amidine groups is 1. The summed E-state index contributed by atoms with van der Waals surface area (Å²) in [6.45, 7) is 10.3. The first-order valence-electron chi connectivity index (χ1n) is 10.2. The molecule has 0 fully saturated rings. The minimum Gasteiger partial charge on any atom is -0.459 e. The van der Waals surface area contributed by atoms with Gasteiger partial charge in [-0.15, -0.1) is 0 Å². The molecule has 2 aliphatic rings. The number of carbonyl (C=O) groups excluding carboxylic acids is 2. The topological polar surface area (TPSA) is 71.0 Å². The molecule has 0 radical (unpaired) electrons. The fourth-order valence-electron chi connectivity index (χ4n) is 3.40. The third kappa shape index (κ3) is 4.95. The number of amides is 1. The standard InChI is InChI=1S/C23H29N3O3S/c1-14(2)12-24-19(27)11-18-13-30-23-25-16(5)20(22(28)29-15(3)4)21(26(18)23)17-9-7-6-8-10-17/h6-10,13-15,21H,11-12H2,1-5H3,(H,24,27)/t21-/m0/s1. The number of thioether (sulfide) groups is 1. The van der Waals surface area contributed by atoms with Gasteiger partial charge in [0.25, 0.3) is 0 Å². The molecule has 0 saturated carbocycles. The minimum atomic E-state index is -0.385. The molecular formula is C23H29N3O3S. The SMILES string of the molecule is CC1=C(C(=O)OC(C)C)[C@H](c2ccccc2)N2C(CC(=O)NCC(C)C)=CSC2=N1. The maximum atomic E-state index is 13.0. The van der Waals surface area contributed by atoms with Gasteiger partial charge in [0.15, 0.2) is 5.17 Å². The fourth-order valence-corrected chi connectivity index (χ4v) is 4.37. The molecule has 1 atom stereocenters. The number of hydrogen-bond acceptors (Lipinski definition) is 6. The van der Waals surface area contributed by atoms with Gasteiger partial charge in [0.2, 0.25) is 5.91 Å². The molecule has 0 aliphatic carbocycles. The molecule has 0 aromatic heterocycles. The first-order valence-corrected chi connectivity index (χ1v) is 11.1. The van der Waals surface area contributed by atoms with Crippen molar-refractivity contribution in [3.8, 4) is 0 Å². The van der Waals surface area contributed by atoms with Crippen LogP contribution in [0.3, 0.4) is 0 Å². The molecule has 6 nitrogen and oxygen atoms in total. The van der Waals surface area contributed by atoms with Crippen molar-refractivity contribution in [2.45, 2.75) is 53.2 Å². The summed E-state index contributed by atoms with van der Waals surface area (Å²) in [5, 5.41) is 5.69. The summed E-state index contributed by atoms with van der Waals surface area (Å²) >= 11 is 1.48. The minimum absolute atomic E-state index is 0.0406. The summed E-state index contributed by atoms with van der Waals surface area (Å²) in [5.41, 5.74) is 2.94. The van der Waals surface area contributed by atoms with Crippen LogP contribution >= 0.6 is 11.8 Å². The first kappa shape index (κ1) is 22.2. The van der Waals surface area contributed by atoms with E-state index in [4.69, 9.17) is 4.74 Å². The van der Waals surface area contributed by atoms with Crippen LogP contribution in [-0.4, -0.2) is 34.6 Å². The van der Waals surface area contributed by atoms with E-state index in [9.17, 15) is 9.59 Å². The first-order chi connectivity index (χ1) is 14.3.